The van der Waals surface area contributed by atoms with E-state index in [1.165, 1.54) is 31.7 Å². The molecule has 1 fully saturated rings. The molecule has 0 aliphatic carbocycles. The SMILES string of the molecule is CC(=O)OC[C@H]1O[C@@H](n2cnc3c(N)nc(N)nc32)[C@H](OC(C)=O)[C@@H]1OC(C)=O. The van der Waals surface area contributed by atoms with Crippen LogP contribution < -0.4 is 11.5 Å². The molecule has 13 heteroatoms. The maximum Gasteiger partial charge on any atom is 0.303 e. The lowest BCUT2D eigenvalue weighted by Crippen LogP contribution is -2.40. The molecule has 2 aromatic heterocycles. The first-order valence-electron chi connectivity index (χ1n) is 8.56. The van der Waals surface area contributed by atoms with Crippen molar-refractivity contribution in [1.82, 2.24) is 19.5 Å². The molecule has 156 valence electrons. The zero-order valence-corrected chi connectivity index (χ0v) is 15.9. The normalized spacial score (nSPS) is 23.7. The number of ether oxygens (including phenoxy) is 4. The molecule has 0 radical (unpaired) electrons. The molecule has 0 spiro atoms. The molecule has 1 aliphatic rings. The Morgan fingerprint density at radius 2 is 1.72 bits per heavy atom. The van der Waals surface area contributed by atoms with Gasteiger partial charge in [-0.1, -0.05) is 0 Å². The van der Waals surface area contributed by atoms with Crippen LogP contribution in [0.15, 0.2) is 6.33 Å². The number of nitrogen functional groups attached to an aromatic ring is 2. The number of carbonyl (C=O) groups excluding carboxylic acids is 3. The van der Waals surface area contributed by atoms with E-state index in [4.69, 9.17) is 30.4 Å². The Morgan fingerprint density at radius 1 is 1.07 bits per heavy atom. The molecule has 3 heterocycles. The number of fused-ring (bicyclic) bond motifs is 1. The third-order valence-corrected chi connectivity index (χ3v) is 4.08. The second kappa shape index (κ2) is 7.87. The number of hydrogen-bond donors (Lipinski definition) is 2. The van der Waals surface area contributed by atoms with Crippen LogP contribution in [0, 0.1) is 0 Å². The Balaban J connectivity index is 2.04. The van der Waals surface area contributed by atoms with Crippen LogP contribution in [-0.4, -0.2) is 62.3 Å². The second-order valence-corrected chi connectivity index (χ2v) is 6.31. The van der Waals surface area contributed by atoms with Crippen molar-refractivity contribution in [2.45, 2.75) is 45.3 Å². The molecular formula is C16H20N6O7. The van der Waals surface area contributed by atoms with Gasteiger partial charge in [-0.3, -0.25) is 19.0 Å². The van der Waals surface area contributed by atoms with Crippen molar-refractivity contribution in [3.05, 3.63) is 6.33 Å². The fraction of sp³-hybridized carbons (Fsp3) is 0.500. The molecular weight excluding hydrogens is 388 g/mol. The van der Waals surface area contributed by atoms with Crippen molar-refractivity contribution in [1.29, 1.82) is 0 Å². The lowest BCUT2D eigenvalue weighted by molar-refractivity contribution is -0.166. The third-order valence-electron chi connectivity index (χ3n) is 4.08. The highest BCUT2D eigenvalue weighted by atomic mass is 16.7. The lowest BCUT2D eigenvalue weighted by atomic mass is 10.1. The molecule has 0 aromatic carbocycles. The van der Waals surface area contributed by atoms with Crippen LogP contribution in [-0.2, 0) is 33.3 Å². The van der Waals surface area contributed by atoms with Crippen LogP contribution in [0.2, 0.25) is 0 Å². The van der Waals surface area contributed by atoms with Crippen molar-refractivity contribution in [3.63, 3.8) is 0 Å². The summed E-state index contributed by atoms with van der Waals surface area (Å²) in [6.07, 6.45) is -2.69. The van der Waals surface area contributed by atoms with E-state index in [0.717, 1.165) is 0 Å². The lowest BCUT2D eigenvalue weighted by Gasteiger charge is -2.23. The van der Waals surface area contributed by atoms with Crippen LogP contribution >= 0.6 is 0 Å². The number of esters is 3. The van der Waals surface area contributed by atoms with Gasteiger partial charge in [0.1, 0.15) is 18.2 Å². The second-order valence-electron chi connectivity index (χ2n) is 6.31. The summed E-state index contributed by atoms with van der Waals surface area (Å²) in [5.74, 6) is -1.85. The number of anilines is 2. The number of nitrogens with two attached hydrogens (primary N) is 2. The molecule has 13 nitrogen and oxygen atoms in total. The predicted octanol–water partition coefficient (Wildman–Crippen LogP) is -0.685. The predicted molar refractivity (Wildman–Crippen MR) is 95.8 cm³/mol. The number of nitrogens with zero attached hydrogens (tertiary/aromatic N) is 4. The Hall–Kier alpha value is -3.48. The molecule has 4 atom stereocenters. The van der Waals surface area contributed by atoms with Gasteiger partial charge >= 0.3 is 17.9 Å². The molecule has 4 N–H and O–H groups in total. The highest BCUT2D eigenvalue weighted by molar-refractivity contribution is 5.82. The summed E-state index contributed by atoms with van der Waals surface area (Å²) >= 11 is 0. The van der Waals surface area contributed by atoms with Gasteiger partial charge in [0.15, 0.2) is 29.9 Å². The van der Waals surface area contributed by atoms with Crippen LogP contribution in [0.25, 0.3) is 11.2 Å². The zero-order valence-electron chi connectivity index (χ0n) is 15.9. The average molecular weight is 408 g/mol. The maximum absolute atomic E-state index is 11.7. The number of rotatable bonds is 5. The minimum absolute atomic E-state index is 0.0567. The Morgan fingerprint density at radius 3 is 2.34 bits per heavy atom. The van der Waals surface area contributed by atoms with Gasteiger partial charge in [-0.25, -0.2) is 4.98 Å². The summed E-state index contributed by atoms with van der Waals surface area (Å²) in [7, 11) is 0. The maximum atomic E-state index is 11.7. The first-order valence-corrected chi connectivity index (χ1v) is 8.56. The average Bonchev–Trinajstić information content (AvgIpc) is 3.15. The van der Waals surface area contributed by atoms with Gasteiger partial charge in [0.05, 0.1) is 6.33 Å². The van der Waals surface area contributed by atoms with Crippen molar-refractivity contribution in [3.8, 4) is 0 Å². The number of hydrogen-bond acceptors (Lipinski definition) is 12. The van der Waals surface area contributed by atoms with Crippen molar-refractivity contribution < 1.29 is 33.3 Å². The van der Waals surface area contributed by atoms with E-state index in [9.17, 15) is 14.4 Å². The van der Waals surface area contributed by atoms with Gasteiger partial charge in [-0.15, -0.1) is 0 Å². The highest BCUT2D eigenvalue weighted by Crippen LogP contribution is 2.36. The van der Waals surface area contributed by atoms with Crippen LogP contribution in [0.4, 0.5) is 11.8 Å². The molecule has 29 heavy (non-hydrogen) atoms. The Kier molecular flexibility index (Phi) is 5.50. The number of imidazole rings is 1. The Bertz CT molecular complexity index is 961. The summed E-state index contributed by atoms with van der Waals surface area (Å²) in [5.41, 5.74) is 12.0. The van der Waals surface area contributed by atoms with E-state index >= 15 is 0 Å². The number of aromatic nitrogens is 4. The Labute approximate surface area is 164 Å². The smallest absolute Gasteiger partial charge is 0.303 e. The highest BCUT2D eigenvalue weighted by Gasteiger charge is 2.51. The molecule has 0 amide bonds. The van der Waals surface area contributed by atoms with E-state index in [1.807, 2.05) is 0 Å². The first-order chi connectivity index (χ1) is 13.7. The zero-order chi connectivity index (χ0) is 21.3. The molecule has 3 rings (SSSR count). The standard InChI is InChI=1S/C16H20N6O7/c1-6(23)26-4-9-11(27-7(2)24)12(28-8(3)25)15(29-9)22-5-19-10-13(17)20-16(18)21-14(10)22/h5,9,11-12,15H,4H2,1-3H3,(H4,17,18,20,21)/t9-,11-,12-,15-/m1/s1. The van der Waals surface area contributed by atoms with E-state index in [1.54, 1.807) is 0 Å². The molecule has 1 aliphatic heterocycles. The molecule has 1 saturated heterocycles. The summed E-state index contributed by atoms with van der Waals surface area (Å²) in [6, 6.07) is 0. The van der Waals surface area contributed by atoms with E-state index in [2.05, 4.69) is 15.0 Å². The summed E-state index contributed by atoms with van der Waals surface area (Å²) in [6.45, 7) is 3.39. The van der Waals surface area contributed by atoms with Crippen molar-refractivity contribution in [2.24, 2.45) is 0 Å². The fourth-order valence-corrected chi connectivity index (χ4v) is 3.06. The minimum atomic E-state index is -1.08. The summed E-state index contributed by atoms with van der Waals surface area (Å²) in [5, 5.41) is 0. The van der Waals surface area contributed by atoms with Gasteiger partial charge in [0, 0.05) is 20.8 Å². The van der Waals surface area contributed by atoms with E-state index < -0.39 is 42.4 Å². The quantitative estimate of drug-likeness (QED) is 0.470. The molecule has 0 saturated carbocycles. The summed E-state index contributed by atoms with van der Waals surface area (Å²) in [4.78, 5) is 46.6. The monoisotopic (exact) mass is 408 g/mol. The van der Waals surface area contributed by atoms with Crippen LogP contribution in [0.5, 0.6) is 0 Å². The van der Waals surface area contributed by atoms with Crippen molar-refractivity contribution >= 4 is 40.8 Å². The third kappa shape index (κ3) is 4.18. The van der Waals surface area contributed by atoms with Gasteiger partial charge in [0.25, 0.3) is 0 Å². The van der Waals surface area contributed by atoms with E-state index in [-0.39, 0.29) is 29.5 Å². The topological polar surface area (TPSA) is 184 Å². The minimum Gasteiger partial charge on any atom is -0.463 e. The van der Waals surface area contributed by atoms with Crippen LogP contribution in [0.3, 0.4) is 0 Å². The molecule has 0 bridgehead atoms. The van der Waals surface area contributed by atoms with Gasteiger partial charge in [-0.05, 0) is 0 Å². The largest absolute Gasteiger partial charge is 0.463 e. The van der Waals surface area contributed by atoms with Gasteiger partial charge in [-0.2, -0.15) is 9.97 Å². The summed E-state index contributed by atoms with van der Waals surface area (Å²) < 4.78 is 23.0. The van der Waals surface area contributed by atoms with Crippen LogP contribution in [0.1, 0.15) is 27.0 Å². The van der Waals surface area contributed by atoms with Gasteiger partial charge in [0.2, 0.25) is 5.95 Å². The number of carbonyl (C=O) groups is 3. The molecule has 0 unspecified atom stereocenters. The van der Waals surface area contributed by atoms with E-state index in [0.29, 0.717) is 0 Å². The first kappa shape index (κ1) is 20.3. The fourth-order valence-electron chi connectivity index (χ4n) is 3.06. The molecule has 2 aromatic rings. The van der Waals surface area contributed by atoms with Gasteiger partial charge < -0.3 is 30.4 Å². The van der Waals surface area contributed by atoms with Crippen molar-refractivity contribution in [2.75, 3.05) is 18.1 Å².